The van der Waals surface area contributed by atoms with Gasteiger partial charge in [0.15, 0.2) is 0 Å². The molecule has 0 aromatic carbocycles. The normalized spacial score (nSPS) is 18.5. The minimum absolute atomic E-state index is 0.897. The molecule has 0 atom stereocenters. The molecule has 1 fully saturated rings. The molecule has 1 saturated heterocycles. The highest BCUT2D eigenvalue weighted by molar-refractivity contribution is 5.13. The third-order valence-corrected chi connectivity index (χ3v) is 3.53. The zero-order valence-corrected chi connectivity index (χ0v) is 10.9. The average Bonchev–Trinajstić information content (AvgIpc) is 2.35. The predicted molar refractivity (Wildman–Crippen MR) is 70.7 cm³/mol. The molecule has 1 aliphatic heterocycles. The fraction of sp³-hybridized carbons (Fsp3) is 0.643. The van der Waals surface area contributed by atoms with Gasteiger partial charge in [0, 0.05) is 19.3 Å². The molecular weight excluding hydrogens is 210 g/mol. The summed E-state index contributed by atoms with van der Waals surface area (Å²) in [5, 5.41) is 3.14. The number of hydrogen-bond donors (Lipinski definition) is 1. The Kier molecular flexibility index (Phi) is 4.51. The summed E-state index contributed by atoms with van der Waals surface area (Å²) >= 11 is 0. The van der Waals surface area contributed by atoms with Gasteiger partial charge in [0.1, 0.15) is 0 Å². The first kappa shape index (κ1) is 12.5. The monoisotopic (exact) mass is 233 g/mol. The van der Waals surface area contributed by atoms with Crippen molar-refractivity contribution in [2.45, 2.75) is 32.9 Å². The molecule has 3 heteroatoms. The second-order valence-electron chi connectivity index (χ2n) is 5.15. The third-order valence-electron chi connectivity index (χ3n) is 3.53. The van der Waals surface area contributed by atoms with Crippen LogP contribution in [0.25, 0.3) is 0 Å². The molecule has 0 radical (unpaired) electrons. The number of nitrogens with zero attached hydrogens (tertiary/aromatic N) is 2. The van der Waals surface area contributed by atoms with Gasteiger partial charge in [-0.3, -0.25) is 9.88 Å². The van der Waals surface area contributed by atoms with Crippen LogP contribution < -0.4 is 5.32 Å². The van der Waals surface area contributed by atoms with E-state index >= 15 is 0 Å². The summed E-state index contributed by atoms with van der Waals surface area (Å²) in [6, 6.07) is 4.33. The lowest BCUT2D eigenvalue weighted by atomic mass is 9.99. The van der Waals surface area contributed by atoms with Crippen molar-refractivity contribution in [2.75, 3.05) is 20.1 Å². The molecule has 2 rings (SSSR count). The van der Waals surface area contributed by atoms with E-state index in [-0.39, 0.29) is 0 Å². The number of rotatable bonds is 4. The van der Waals surface area contributed by atoms with Crippen LogP contribution in [0.4, 0.5) is 0 Å². The average molecular weight is 233 g/mol. The lowest BCUT2D eigenvalue weighted by molar-refractivity contribution is 0.183. The van der Waals surface area contributed by atoms with Gasteiger partial charge in [-0.15, -0.1) is 0 Å². The molecule has 1 aliphatic rings. The van der Waals surface area contributed by atoms with Gasteiger partial charge in [-0.2, -0.15) is 0 Å². The van der Waals surface area contributed by atoms with E-state index in [1.807, 2.05) is 13.2 Å². The van der Waals surface area contributed by atoms with Crippen molar-refractivity contribution in [3.05, 3.63) is 29.6 Å². The van der Waals surface area contributed by atoms with Gasteiger partial charge in [0.05, 0.1) is 5.69 Å². The number of hydrogen-bond acceptors (Lipinski definition) is 3. The Morgan fingerprint density at radius 2 is 2.12 bits per heavy atom. The summed E-state index contributed by atoms with van der Waals surface area (Å²) in [7, 11) is 1.96. The highest BCUT2D eigenvalue weighted by atomic mass is 15.1. The minimum Gasteiger partial charge on any atom is -0.316 e. The summed E-state index contributed by atoms with van der Waals surface area (Å²) in [6.07, 6.45) is 4.65. The summed E-state index contributed by atoms with van der Waals surface area (Å²) in [4.78, 5) is 7.04. The van der Waals surface area contributed by atoms with E-state index in [0.717, 1.165) is 19.0 Å². The predicted octanol–water partition coefficient (Wildman–Crippen LogP) is 2.03. The fourth-order valence-corrected chi connectivity index (χ4v) is 2.31. The molecule has 1 aromatic heterocycles. The molecule has 17 heavy (non-hydrogen) atoms. The van der Waals surface area contributed by atoms with E-state index in [2.05, 4.69) is 34.3 Å². The van der Waals surface area contributed by atoms with Gasteiger partial charge in [0.25, 0.3) is 0 Å². The lowest BCUT2D eigenvalue weighted by Crippen LogP contribution is -2.32. The topological polar surface area (TPSA) is 28.2 Å². The Morgan fingerprint density at radius 1 is 1.35 bits per heavy atom. The van der Waals surface area contributed by atoms with Gasteiger partial charge in [-0.1, -0.05) is 13.0 Å². The SMILES string of the molecule is CNCc1ccc(CN2CCC(C)CC2)nc1. The number of pyridine rings is 1. The highest BCUT2D eigenvalue weighted by Gasteiger charge is 2.15. The van der Waals surface area contributed by atoms with E-state index in [1.54, 1.807) is 0 Å². The maximum Gasteiger partial charge on any atom is 0.0544 e. The number of piperidine rings is 1. The summed E-state index contributed by atoms with van der Waals surface area (Å²) in [5.74, 6) is 0.900. The molecule has 0 aliphatic carbocycles. The van der Waals surface area contributed by atoms with E-state index < -0.39 is 0 Å². The Bertz CT molecular complexity index is 326. The van der Waals surface area contributed by atoms with Crippen LogP contribution >= 0.6 is 0 Å². The number of aromatic nitrogens is 1. The minimum atomic E-state index is 0.897. The Labute approximate surface area is 104 Å². The van der Waals surface area contributed by atoms with Crippen molar-refractivity contribution in [2.24, 2.45) is 5.92 Å². The van der Waals surface area contributed by atoms with E-state index in [1.165, 1.54) is 37.2 Å². The number of likely N-dealkylation sites (tertiary alicyclic amines) is 1. The van der Waals surface area contributed by atoms with Crippen LogP contribution in [-0.2, 0) is 13.1 Å². The summed E-state index contributed by atoms with van der Waals surface area (Å²) in [5.41, 5.74) is 2.45. The molecule has 1 aromatic rings. The van der Waals surface area contributed by atoms with Crippen molar-refractivity contribution >= 4 is 0 Å². The molecule has 2 heterocycles. The molecule has 3 nitrogen and oxygen atoms in total. The zero-order chi connectivity index (χ0) is 12.1. The standard InChI is InChI=1S/C14H23N3/c1-12-5-7-17(8-6-12)11-14-4-3-13(9-15-2)10-16-14/h3-4,10,12,15H,5-9,11H2,1-2H3. The largest absolute Gasteiger partial charge is 0.316 e. The maximum atomic E-state index is 4.53. The molecule has 0 bridgehead atoms. The van der Waals surface area contributed by atoms with Gasteiger partial charge >= 0.3 is 0 Å². The smallest absolute Gasteiger partial charge is 0.0544 e. The van der Waals surface area contributed by atoms with Gasteiger partial charge < -0.3 is 5.32 Å². The van der Waals surface area contributed by atoms with E-state index in [4.69, 9.17) is 0 Å². The Balaban J connectivity index is 1.86. The van der Waals surface area contributed by atoms with Gasteiger partial charge in [0.2, 0.25) is 0 Å². The van der Waals surface area contributed by atoms with Crippen LogP contribution in [0.2, 0.25) is 0 Å². The van der Waals surface area contributed by atoms with Crippen LogP contribution in [0, 0.1) is 5.92 Å². The van der Waals surface area contributed by atoms with E-state index in [0.29, 0.717) is 0 Å². The molecule has 94 valence electrons. The maximum absolute atomic E-state index is 4.53. The van der Waals surface area contributed by atoms with Gasteiger partial charge in [-0.05, 0) is 50.5 Å². The molecule has 1 N–H and O–H groups in total. The van der Waals surface area contributed by atoms with Gasteiger partial charge in [-0.25, -0.2) is 0 Å². The van der Waals surface area contributed by atoms with E-state index in [9.17, 15) is 0 Å². The fourth-order valence-electron chi connectivity index (χ4n) is 2.31. The lowest BCUT2D eigenvalue weighted by Gasteiger charge is -2.29. The molecular formula is C14H23N3. The van der Waals surface area contributed by atoms with Crippen molar-refractivity contribution < 1.29 is 0 Å². The van der Waals surface area contributed by atoms with Crippen molar-refractivity contribution in [3.8, 4) is 0 Å². The van der Waals surface area contributed by atoms with Crippen molar-refractivity contribution in [1.29, 1.82) is 0 Å². The molecule has 0 amide bonds. The summed E-state index contributed by atoms with van der Waals surface area (Å²) in [6.45, 7) is 6.70. The van der Waals surface area contributed by atoms with Crippen LogP contribution in [0.5, 0.6) is 0 Å². The third kappa shape index (κ3) is 3.79. The van der Waals surface area contributed by atoms with Crippen molar-refractivity contribution in [3.63, 3.8) is 0 Å². The zero-order valence-electron chi connectivity index (χ0n) is 10.9. The van der Waals surface area contributed by atoms with Crippen LogP contribution in [0.1, 0.15) is 31.0 Å². The Morgan fingerprint density at radius 3 is 2.71 bits per heavy atom. The van der Waals surface area contributed by atoms with Crippen LogP contribution in [0.15, 0.2) is 18.3 Å². The van der Waals surface area contributed by atoms with Crippen LogP contribution in [0.3, 0.4) is 0 Å². The summed E-state index contributed by atoms with van der Waals surface area (Å²) < 4.78 is 0. The Hall–Kier alpha value is -0.930. The van der Waals surface area contributed by atoms with Crippen LogP contribution in [-0.4, -0.2) is 30.0 Å². The first-order valence-electron chi connectivity index (χ1n) is 6.58. The molecule has 0 spiro atoms. The first-order valence-corrected chi connectivity index (χ1v) is 6.58. The highest BCUT2D eigenvalue weighted by Crippen LogP contribution is 2.17. The quantitative estimate of drug-likeness (QED) is 0.862. The molecule has 0 saturated carbocycles. The first-order chi connectivity index (χ1) is 8.28. The second-order valence-corrected chi connectivity index (χ2v) is 5.15. The van der Waals surface area contributed by atoms with Crippen molar-refractivity contribution in [1.82, 2.24) is 15.2 Å². The number of nitrogens with one attached hydrogen (secondary N) is 1. The molecule has 0 unspecified atom stereocenters. The second kappa shape index (κ2) is 6.12.